The molecule has 1 saturated heterocycles. The van der Waals surface area contributed by atoms with Crippen LogP contribution in [0.1, 0.15) is 0 Å². The molecule has 1 N–H and O–H groups in total. The first-order valence-electron chi connectivity index (χ1n) is 3.12. The maximum absolute atomic E-state index is 12.7. The summed E-state index contributed by atoms with van der Waals surface area (Å²) in [6.07, 6.45) is 0. The molecule has 0 amide bonds. The first-order valence-corrected chi connectivity index (χ1v) is 5.34. The van der Waals surface area contributed by atoms with E-state index in [2.05, 4.69) is 9.32 Å². The minimum absolute atomic E-state index is 0.410. The number of rotatable bonds is 0. The molecule has 0 spiro atoms. The van der Waals surface area contributed by atoms with Crippen molar-refractivity contribution in [1.82, 2.24) is 4.89 Å². The molecular formula is C3HF6NO4S2. The topological polar surface area (TPSA) is 64.6 Å². The third-order valence-electron chi connectivity index (χ3n) is 1.38. The molecule has 13 heteroatoms. The summed E-state index contributed by atoms with van der Waals surface area (Å²) in [6, 6.07) is 0. The Morgan fingerprint density at radius 3 is 2.06 bits per heavy atom. The van der Waals surface area contributed by atoms with Gasteiger partial charge in [-0.15, -0.1) is 9.32 Å². The first kappa shape index (κ1) is 13.8. The van der Waals surface area contributed by atoms with Crippen LogP contribution in [0.25, 0.3) is 0 Å². The molecule has 0 unspecified atom stereocenters. The third kappa shape index (κ3) is 1.75. The molecule has 0 atom stereocenters. The first-order chi connectivity index (χ1) is 6.96. The molecule has 0 aliphatic carbocycles. The van der Waals surface area contributed by atoms with Gasteiger partial charge in [0, 0.05) is 0 Å². The minimum Gasteiger partial charge on any atom is -0.204 e. The Morgan fingerprint density at radius 1 is 1.06 bits per heavy atom. The van der Waals surface area contributed by atoms with Crippen LogP contribution in [0, 0.1) is 0 Å². The minimum atomic E-state index is -6.18. The van der Waals surface area contributed by atoms with Gasteiger partial charge in [-0.05, 0) is 0 Å². The highest BCUT2D eigenvalue weighted by atomic mass is 32.2. The van der Waals surface area contributed by atoms with Crippen molar-refractivity contribution in [3.63, 3.8) is 0 Å². The Labute approximate surface area is 88.2 Å². The van der Waals surface area contributed by atoms with Crippen LogP contribution in [0.3, 0.4) is 0 Å². The largest absolute Gasteiger partial charge is 0.430 e. The fourth-order valence-electron chi connectivity index (χ4n) is 0.561. The van der Waals surface area contributed by atoms with Crippen molar-refractivity contribution < 1.29 is 44.1 Å². The van der Waals surface area contributed by atoms with Crippen molar-refractivity contribution in [2.45, 2.75) is 16.4 Å². The molecule has 1 aliphatic heterocycles. The van der Waals surface area contributed by atoms with E-state index in [1.807, 2.05) is 0 Å². The second kappa shape index (κ2) is 3.63. The average molecular weight is 293 g/mol. The highest BCUT2D eigenvalue weighted by molar-refractivity contribution is 7.96. The van der Waals surface area contributed by atoms with E-state index in [1.165, 1.54) is 0 Å². The van der Waals surface area contributed by atoms with Gasteiger partial charge in [0.15, 0.2) is 0 Å². The SMILES string of the molecule is O=S1(=O)NOOSC(F)(F)C(F)(F)C1(F)F. The Bertz CT molecular complexity index is 381. The Morgan fingerprint density at radius 2 is 1.56 bits per heavy atom. The summed E-state index contributed by atoms with van der Waals surface area (Å²) in [5.74, 6) is -6.18. The molecule has 5 nitrogen and oxygen atoms in total. The van der Waals surface area contributed by atoms with Gasteiger partial charge >= 0.3 is 26.5 Å². The van der Waals surface area contributed by atoms with E-state index in [9.17, 15) is 34.8 Å². The van der Waals surface area contributed by atoms with Crippen molar-refractivity contribution >= 4 is 22.1 Å². The molecule has 0 aromatic carbocycles. The smallest absolute Gasteiger partial charge is 0.204 e. The highest BCUT2D eigenvalue weighted by Gasteiger charge is 2.79. The fourth-order valence-corrected chi connectivity index (χ4v) is 1.75. The fraction of sp³-hybridized carbons (Fsp3) is 1.00. The predicted molar refractivity (Wildman–Crippen MR) is 36.7 cm³/mol. The third-order valence-corrected chi connectivity index (χ3v) is 3.21. The van der Waals surface area contributed by atoms with E-state index in [0.29, 0.717) is 4.89 Å². The maximum Gasteiger partial charge on any atom is 0.430 e. The highest BCUT2D eigenvalue weighted by Crippen LogP contribution is 2.53. The van der Waals surface area contributed by atoms with E-state index in [4.69, 9.17) is 0 Å². The van der Waals surface area contributed by atoms with Crippen LogP contribution in [0.15, 0.2) is 0 Å². The van der Waals surface area contributed by atoms with Crippen LogP contribution in [0.4, 0.5) is 26.3 Å². The lowest BCUT2D eigenvalue weighted by molar-refractivity contribution is -0.273. The van der Waals surface area contributed by atoms with Crippen LogP contribution < -0.4 is 4.89 Å². The quantitative estimate of drug-likeness (QED) is 0.414. The molecule has 0 aromatic rings. The van der Waals surface area contributed by atoms with Crippen LogP contribution in [0.5, 0.6) is 0 Å². The zero-order valence-corrected chi connectivity index (χ0v) is 8.35. The van der Waals surface area contributed by atoms with E-state index < -0.39 is 38.5 Å². The van der Waals surface area contributed by atoms with Gasteiger partial charge in [0.05, 0.1) is 0 Å². The van der Waals surface area contributed by atoms with E-state index in [0.717, 1.165) is 0 Å². The summed E-state index contributed by atoms with van der Waals surface area (Å²) in [6.45, 7) is 0. The number of hydrogen-bond donors (Lipinski definition) is 1. The summed E-state index contributed by atoms with van der Waals surface area (Å²) < 4.78 is 99.8. The lowest BCUT2D eigenvalue weighted by Crippen LogP contribution is -2.60. The molecule has 0 bridgehead atoms. The summed E-state index contributed by atoms with van der Waals surface area (Å²) in [5.41, 5.74) is 0. The van der Waals surface area contributed by atoms with E-state index in [1.54, 1.807) is 0 Å². The van der Waals surface area contributed by atoms with Crippen LogP contribution in [-0.4, -0.2) is 24.8 Å². The van der Waals surface area contributed by atoms with E-state index >= 15 is 0 Å². The van der Waals surface area contributed by atoms with Gasteiger partial charge in [0.1, 0.15) is 12.0 Å². The lowest BCUT2D eigenvalue weighted by atomic mass is 10.3. The standard InChI is InChI=1S/C3HF6NO4S2/c4-1(5)2(6,7)15-14-13-10-16(11,12)3(1,8)9/h10H. The number of nitrogens with one attached hydrogen (secondary N) is 1. The van der Waals surface area contributed by atoms with Gasteiger partial charge in [0.25, 0.3) is 0 Å². The average Bonchev–Trinajstić information content (AvgIpc) is 2.10. The van der Waals surface area contributed by atoms with Gasteiger partial charge in [-0.25, -0.2) is 8.42 Å². The maximum atomic E-state index is 12.7. The summed E-state index contributed by atoms with van der Waals surface area (Å²) in [4.78, 5) is 3.60. The molecule has 0 saturated carbocycles. The number of halogens is 6. The van der Waals surface area contributed by atoms with Gasteiger partial charge in [-0.3, -0.25) is 0 Å². The summed E-state index contributed by atoms with van der Waals surface area (Å²) >= 11 is -1.45. The Balaban J connectivity index is 3.34. The van der Waals surface area contributed by atoms with Crippen molar-refractivity contribution in [2.24, 2.45) is 0 Å². The van der Waals surface area contributed by atoms with E-state index in [-0.39, 0.29) is 0 Å². The zero-order valence-electron chi connectivity index (χ0n) is 6.72. The number of sulfonamides is 1. The monoisotopic (exact) mass is 293 g/mol. The molecule has 96 valence electrons. The van der Waals surface area contributed by atoms with Crippen molar-refractivity contribution in [3.05, 3.63) is 0 Å². The molecule has 0 aromatic heterocycles. The Kier molecular flexibility index (Phi) is 3.13. The molecule has 1 heterocycles. The normalized spacial score (nSPS) is 31.4. The molecular weight excluding hydrogens is 292 g/mol. The van der Waals surface area contributed by atoms with Crippen LogP contribution in [0.2, 0.25) is 0 Å². The second-order valence-electron chi connectivity index (χ2n) is 2.43. The lowest BCUT2D eigenvalue weighted by Gasteiger charge is -2.31. The predicted octanol–water partition coefficient (Wildman–Crippen LogP) is 1.25. The Hall–Kier alpha value is -0.240. The second-order valence-corrected chi connectivity index (χ2v) is 4.93. The van der Waals surface area contributed by atoms with Crippen molar-refractivity contribution in [2.75, 3.05) is 0 Å². The number of alkyl halides is 6. The molecule has 1 aliphatic rings. The van der Waals surface area contributed by atoms with Crippen molar-refractivity contribution in [1.29, 1.82) is 0 Å². The molecule has 1 fully saturated rings. The van der Waals surface area contributed by atoms with Crippen LogP contribution in [-0.2, 0) is 19.3 Å². The van der Waals surface area contributed by atoms with Gasteiger partial charge in [-0.1, -0.05) is 4.89 Å². The van der Waals surface area contributed by atoms with Crippen molar-refractivity contribution in [3.8, 4) is 0 Å². The van der Waals surface area contributed by atoms with Crippen LogP contribution >= 0.6 is 12.0 Å². The number of hydrogen-bond acceptors (Lipinski definition) is 5. The van der Waals surface area contributed by atoms with Gasteiger partial charge in [-0.2, -0.15) is 26.3 Å². The molecule has 0 radical (unpaired) electrons. The molecule has 16 heavy (non-hydrogen) atoms. The zero-order chi connectivity index (χ0) is 12.8. The van der Waals surface area contributed by atoms with Gasteiger partial charge < -0.3 is 0 Å². The van der Waals surface area contributed by atoms with Gasteiger partial charge in [0.2, 0.25) is 0 Å². The summed E-state index contributed by atoms with van der Waals surface area (Å²) in [7, 11) is -6.17. The summed E-state index contributed by atoms with van der Waals surface area (Å²) in [5, 5.41) is -11.6. The molecule has 1 rings (SSSR count).